The predicted octanol–water partition coefficient (Wildman–Crippen LogP) is 0.870. The van der Waals surface area contributed by atoms with Gasteiger partial charge in [-0.05, 0) is 19.1 Å². The Morgan fingerprint density at radius 2 is 2.30 bits per heavy atom. The average molecular weight is 276 g/mol. The van der Waals surface area contributed by atoms with E-state index < -0.39 is 0 Å². The third kappa shape index (κ3) is 3.05. The summed E-state index contributed by atoms with van der Waals surface area (Å²) in [7, 11) is 0. The van der Waals surface area contributed by atoms with Gasteiger partial charge in [0, 0.05) is 6.54 Å². The Kier molecular flexibility index (Phi) is 4.19. The highest BCUT2D eigenvalue weighted by Gasteiger charge is 2.07. The van der Waals surface area contributed by atoms with Crippen molar-refractivity contribution >= 4 is 28.2 Å². The van der Waals surface area contributed by atoms with Crippen molar-refractivity contribution < 1.29 is 9.53 Å². The van der Waals surface area contributed by atoms with Gasteiger partial charge in [-0.1, -0.05) is 0 Å². The van der Waals surface area contributed by atoms with Gasteiger partial charge in [0.2, 0.25) is 0 Å². The second-order valence-electron chi connectivity index (χ2n) is 4.17. The van der Waals surface area contributed by atoms with E-state index in [1.165, 1.54) is 6.33 Å². The predicted molar refractivity (Wildman–Crippen MR) is 76.5 cm³/mol. The average Bonchev–Trinajstić information content (AvgIpc) is 2.41. The highest BCUT2D eigenvalue weighted by Crippen LogP contribution is 2.22. The summed E-state index contributed by atoms with van der Waals surface area (Å²) in [5.41, 5.74) is 7.25. The maximum absolute atomic E-state index is 11.6. The second-order valence-corrected chi connectivity index (χ2v) is 4.17. The highest BCUT2D eigenvalue weighted by molar-refractivity contribution is 5.88. The number of benzene rings is 1. The molecule has 0 amide bonds. The van der Waals surface area contributed by atoms with Gasteiger partial charge in [-0.15, -0.1) is 0 Å². The minimum Gasteiger partial charge on any atom is -0.466 e. The molecule has 0 spiro atoms. The Bertz CT molecular complexity index is 681. The molecule has 0 aliphatic heterocycles. The molecule has 0 atom stereocenters. The monoisotopic (exact) mass is 276 g/mol. The number of aromatic nitrogens is 2. The number of nitrogen functional groups attached to an aromatic ring is 1. The van der Waals surface area contributed by atoms with Crippen LogP contribution in [0.2, 0.25) is 0 Å². The second kappa shape index (κ2) is 6.05. The van der Waals surface area contributed by atoms with E-state index in [1.807, 2.05) is 0 Å². The maximum atomic E-state index is 11.6. The molecule has 20 heavy (non-hydrogen) atoms. The summed E-state index contributed by atoms with van der Waals surface area (Å²) < 4.78 is 4.83. The van der Waals surface area contributed by atoms with Crippen LogP contribution >= 0.6 is 0 Å². The summed E-state index contributed by atoms with van der Waals surface area (Å²) in [5, 5.41) is 3.47. The first kappa shape index (κ1) is 13.9. The van der Waals surface area contributed by atoms with E-state index in [0.717, 1.165) is 0 Å². The molecule has 4 N–H and O–H groups in total. The largest absolute Gasteiger partial charge is 0.466 e. The molecule has 7 heteroatoms. The van der Waals surface area contributed by atoms with Crippen molar-refractivity contribution in [3.63, 3.8) is 0 Å². The first-order valence-electron chi connectivity index (χ1n) is 6.28. The Labute approximate surface area is 115 Å². The minimum atomic E-state index is -0.270. The van der Waals surface area contributed by atoms with E-state index >= 15 is 0 Å². The Balaban J connectivity index is 2.13. The molecule has 0 aliphatic carbocycles. The molecule has 7 nitrogen and oxygen atoms in total. The Hall–Kier alpha value is -2.57. The lowest BCUT2D eigenvalue weighted by Gasteiger charge is -2.10. The lowest BCUT2D eigenvalue weighted by atomic mass is 10.2. The van der Waals surface area contributed by atoms with Crippen LogP contribution in [-0.4, -0.2) is 29.1 Å². The number of rotatable bonds is 5. The maximum Gasteiger partial charge on any atom is 0.307 e. The van der Waals surface area contributed by atoms with E-state index in [1.54, 1.807) is 19.1 Å². The summed E-state index contributed by atoms with van der Waals surface area (Å²) >= 11 is 0. The van der Waals surface area contributed by atoms with E-state index in [-0.39, 0.29) is 17.9 Å². The van der Waals surface area contributed by atoms with Gasteiger partial charge in [0.1, 0.15) is 0 Å². The number of nitrogens with zero attached hydrogens (tertiary/aromatic N) is 1. The first-order chi connectivity index (χ1) is 9.61. The SMILES string of the molecule is CCOC(=O)CCNc1cc2nc[nH]c(=O)c2cc1N. The molecule has 0 radical (unpaired) electrons. The fourth-order valence-electron chi connectivity index (χ4n) is 1.82. The number of nitrogens with two attached hydrogens (primary N) is 1. The van der Waals surface area contributed by atoms with Gasteiger partial charge in [0.15, 0.2) is 0 Å². The van der Waals surface area contributed by atoms with Crippen LogP contribution < -0.4 is 16.6 Å². The van der Waals surface area contributed by atoms with Crippen LogP contribution in [0, 0.1) is 0 Å². The molecule has 1 aromatic heterocycles. The molecule has 0 saturated heterocycles. The fraction of sp³-hybridized carbons (Fsp3) is 0.308. The summed E-state index contributed by atoms with van der Waals surface area (Å²) in [6.45, 7) is 2.53. The van der Waals surface area contributed by atoms with Gasteiger partial charge in [-0.3, -0.25) is 9.59 Å². The standard InChI is InChI=1S/C13H16N4O3/c1-2-20-12(18)3-4-15-11-6-10-8(5-9(11)14)13(19)17-7-16-10/h5-7,15H,2-4,14H2,1H3,(H,16,17,19). The van der Waals surface area contributed by atoms with Gasteiger partial charge in [-0.25, -0.2) is 4.98 Å². The fourth-order valence-corrected chi connectivity index (χ4v) is 1.82. The Morgan fingerprint density at radius 1 is 1.50 bits per heavy atom. The molecule has 1 aromatic carbocycles. The minimum absolute atomic E-state index is 0.236. The molecule has 0 bridgehead atoms. The number of ether oxygens (including phenoxy) is 1. The van der Waals surface area contributed by atoms with Crippen molar-refractivity contribution in [2.45, 2.75) is 13.3 Å². The van der Waals surface area contributed by atoms with Crippen LogP contribution in [0.4, 0.5) is 11.4 Å². The molecular formula is C13H16N4O3. The van der Waals surface area contributed by atoms with Gasteiger partial charge >= 0.3 is 5.97 Å². The molecule has 0 aliphatic rings. The van der Waals surface area contributed by atoms with Gasteiger partial charge in [-0.2, -0.15) is 0 Å². The van der Waals surface area contributed by atoms with Crippen molar-refractivity contribution in [3.05, 3.63) is 28.8 Å². The van der Waals surface area contributed by atoms with Gasteiger partial charge < -0.3 is 20.8 Å². The van der Waals surface area contributed by atoms with E-state index in [9.17, 15) is 9.59 Å². The number of aromatic amines is 1. The third-order valence-electron chi connectivity index (χ3n) is 2.76. The van der Waals surface area contributed by atoms with E-state index in [2.05, 4.69) is 15.3 Å². The first-order valence-corrected chi connectivity index (χ1v) is 6.28. The number of carbonyl (C=O) groups is 1. The molecule has 0 fully saturated rings. The van der Waals surface area contributed by atoms with Crippen LogP contribution in [0.3, 0.4) is 0 Å². The number of hydrogen-bond donors (Lipinski definition) is 3. The Morgan fingerprint density at radius 3 is 3.05 bits per heavy atom. The lowest BCUT2D eigenvalue weighted by Crippen LogP contribution is -2.13. The smallest absolute Gasteiger partial charge is 0.307 e. The van der Waals surface area contributed by atoms with Crippen molar-refractivity contribution in [1.29, 1.82) is 0 Å². The van der Waals surface area contributed by atoms with Crippen LogP contribution in [0.15, 0.2) is 23.3 Å². The molecule has 0 saturated carbocycles. The summed E-state index contributed by atoms with van der Waals surface area (Å²) in [4.78, 5) is 29.4. The summed E-state index contributed by atoms with van der Waals surface area (Å²) in [5.74, 6) is -0.270. The number of carbonyl (C=O) groups excluding carboxylic acids is 1. The zero-order chi connectivity index (χ0) is 14.5. The summed E-state index contributed by atoms with van der Waals surface area (Å²) in [6.07, 6.45) is 1.58. The molecule has 2 rings (SSSR count). The zero-order valence-electron chi connectivity index (χ0n) is 11.1. The normalized spacial score (nSPS) is 10.4. The number of anilines is 2. The molecule has 0 unspecified atom stereocenters. The molecule has 2 aromatic rings. The van der Waals surface area contributed by atoms with Crippen LogP contribution in [0.5, 0.6) is 0 Å². The number of esters is 1. The van der Waals surface area contributed by atoms with Gasteiger partial charge in [0.05, 0.1) is 41.6 Å². The molecule has 106 valence electrons. The van der Waals surface area contributed by atoms with Crippen molar-refractivity contribution in [3.8, 4) is 0 Å². The van der Waals surface area contributed by atoms with E-state index in [0.29, 0.717) is 35.4 Å². The number of nitrogens with one attached hydrogen (secondary N) is 2. The third-order valence-corrected chi connectivity index (χ3v) is 2.76. The topological polar surface area (TPSA) is 110 Å². The van der Waals surface area contributed by atoms with Crippen LogP contribution in [-0.2, 0) is 9.53 Å². The van der Waals surface area contributed by atoms with Crippen molar-refractivity contribution in [1.82, 2.24) is 9.97 Å². The number of hydrogen-bond acceptors (Lipinski definition) is 6. The quantitative estimate of drug-likeness (QED) is 0.552. The van der Waals surface area contributed by atoms with E-state index in [4.69, 9.17) is 10.5 Å². The number of H-pyrrole nitrogens is 1. The summed E-state index contributed by atoms with van der Waals surface area (Å²) in [6, 6.07) is 3.25. The van der Waals surface area contributed by atoms with Crippen molar-refractivity contribution in [2.24, 2.45) is 0 Å². The van der Waals surface area contributed by atoms with Crippen molar-refractivity contribution in [2.75, 3.05) is 24.2 Å². The van der Waals surface area contributed by atoms with Gasteiger partial charge in [0.25, 0.3) is 5.56 Å². The molecular weight excluding hydrogens is 260 g/mol. The van der Waals surface area contributed by atoms with Crippen LogP contribution in [0.1, 0.15) is 13.3 Å². The zero-order valence-corrected chi connectivity index (χ0v) is 11.1. The number of fused-ring (bicyclic) bond motifs is 1. The highest BCUT2D eigenvalue weighted by atomic mass is 16.5. The van der Waals surface area contributed by atoms with Crippen LogP contribution in [0.25, 0.3) is 10.9 Å². The molecule has 1 heterocycles. The lowest BCUT2D eigenvalue weighted by molar-refractivity contribution is -0.142.